The number of carbonyl (C=O) groups excluding carboxylic acids is 2. The Balaban J connectivity index is 1.66. The number of benzene rings is 1. The molecule has 2 aromatic heterocycles. The summed E-state index contributed by atoms with van der Waals surface area (Å²) in [6.45, 7) is 1.09. The van der Waals surface area contributed by atoms with Crippen molar-refractivity contribution in [3.63, 3.8) is 0 Å². The van der Waals surface area contributed by atoms with E-state index in [0.717, 1.165) is 11.3 Å². The summed E-state index contributed by atoms with van der Waals surface area (Å²) >= 11 is 1.05. The van der Waals surface area contributed by atoms with Gasteiger partial charge in [0.05, 0.1) is 11.3 Å². The lowest BCUT2D eigenvalue weighted by Crippen LogP contribution is -2.22. The summed E-state index contributed by atoms with van der Waals surface area (Å²) in [4.78, 5) is 24.2. The highest BCUT2D eigenvalue weighted by Gasteiger charge is 2.20. The summed E-state index contributed by atoms with van der Waals surface area (Å²) < 4.78 is 37.0. The number of ether oxygens (including phenoxy) is 1. The maximum atomic E-state index is 12.4. The highest BCUT2D eigenvalue weighted by Crippen LogP contribution is 2.23. The molecule has 3 aromatic rings. The van der Waals surface area contributed by atoms with E-state index in [-0.39, 0.29) is 21.3 Å². The van der Waals surface area contributed by atoms with Gasteiger partial charge in [-0.15, -0.1) is 11.3 Å². The predicted octanol–water partition coefficient (Wildman–Crippen LogP) is 2.64. The van der Waals surface area contributed by atoms with E-state index >= 15 is 0 Å². The van der Waals surface area contributed by atoms with Crippen LogP contribution < -0.4 is 10.0 Å². The summed E-state index contributed by atoms with van der Waals surface area (Å²) in [5.74, 6) is -0.754. The number of thiophene rings is 1. The fourth-order valence-corrected chi connectivity index (χ4v) is 4.25. The van der Waals surface area contributed by atoms with Gasteiger partial charge in [0.1, 0.15) is 9.97 Å². The molecule has 0 spiro atoms. The molecule has 0 saturated carbocycles. The van der Waals surface area contributed by atoms with Gasteiger partial charge in [-0.2, -0.15) is 0 Å². The molecule has 11 heteroatoms. The molecule has 0 radical (unpaired) electrons. The lowest BCUT2D eigenvalue weighted by atomic mass is 10.2. The minimum absolute atomic E-state index is 0.0206. The van der Waals surface area contributed by atoms with Crippen molar-refractivity contribution in [1.29, 1.82) is 0 Å². The van der Waals surface area contributed by atoms with E-state index in [9.17, 15) is 18.0 Å². The van der Waals surface area contributed by atoms with Crippen molar-refractivity contribution in [1.82, 2.24) is 5.16 Å². The first kappa shape index (κ1) is 19.6. The van der Waals surface area contributed by atoms with Crippen molar-refractivity contribution in [3.05, 3.63) is 59.2 Å². The average molecular weight is 421 g/mol. The SMILES string of the molecule is Cc1cc(NC(=O)COC(=O)c2ccccc2NS(=O)(=O)c2cccs2)no1. The third kappa shape index (κ3) is 4.75. The minimum atomic E-state index is -3.83. The van der Waals surface area contributed by atoms with Crippen LogP contribution in [0.4, 0.5) is 11.5 Å². The smallest absolute Gasteiger partial charge is 0.340 e. The third-order valence-electron chi connectivity index (χ3n) is 3.38. The molecule has 0 aliphatic rings. The van der Waals surface area contributed by atoms with Gasteiger partial charge in [-0.05, 0) is 30.5 Å². The molecule has 2 heterocycles. The van der Waals surface area contributed by atoms with E-state index < -0.39 is 28.5 Å². The summed E-state index contributed by atoms with van der Waals surface area (Å²) in [5.41, 5.74) is 0.0288. The largest absolute Gasteiger partial charge is 0.452 e. The van der Waals surface area contributed by atoms with E-state index in [0.29, 0.717) is 5.76 Å². The van der Waals surface area contributed by atoms with Gasteiger partial charge in [-0.3, -0.25) is 9.52 Å². The number of amides is 1. The lowest BCUT2D eigenvalue weighted by molar-refractivity contribution is -0.119. The van der Waals surface area contributed by atoms with Gasteiger partial charge in [0.15, 0.2) is 12.4 Å². The molecular formula is C17H15N3O6S2. The van der Waals surface area contributed by atoms with Crippen LogP contribution in [0.5, 0.6) is 0 Å². The number of rotatable bonds is 7. The highest BCUT2D eigenvalue weighted by atomic mass is 32.2. The van der Waals surface area contributed by atoms with Gasteiger partial charge >= 0.3 is 5.97 Å². The highest BCUT2D eigenvalue weighted by molar-refractivity contribution is 7.94. The number of nitrogens with one attached hydrogen (secondary N) is 2. The van der Waals surface area contributed by atoms with Gasteiger partial charge in [0, 0.05) is 6.07 Å². The van der Waals surface area contributed by atoms with Gasteiger partial charge in [-0.1, -0.05) is 23.4 Å². The first-order chi connectivity index (χ1) is 13.3. The molecule has 9 nitrogen and oxygen atoms in total. The second-order valence-corrected chi connectivity index (χ2v) is 8.39. The zero-order valence-corrected chi connectivity index (χ0v) is 16.2. The molecule has 0 bridgehead atoms. The van der Waals surface area contributed by atoms with Gasteiger partial charge < -0.3 is 14.6 Å². The minimum Gasteiger partial charge on any atom is -0.452 e. The fourth-order valence-electron chi connectivity index (χ4n) is 2.17. The van der Waals surface area contributed by atoms with Crippen molar-refractivity contribution in [2.24, 2.45) is 0 Å². The van der Waals surface area contributed by atoms with Crippen molar-refractivity contribution >= 4 is 44.7 Å². The van der Waals surface area contributed by atoms with Crippen LogP contribution in [0.3, 0.4) is 0 Å². The normalized spacial score (nSPS) is 11.0. The second-order valence-electron chi connectivity index (χ2n) is 5.53. The number of hydrogen-bond donors (Lipinski definition) is 2. The van der Waals surface area contributed by atoms with Crippen molar-refractivity contribution in [3.8, 4) is 0 Å². The van der Waals surface area contributed by atoms with E-state index in [4.69, 9.17) is 9.26 Å². The Bertz CT molecular complexity index is 1090. The Kier molecular flexibility index (Phi) is 5.76. The van der Waals surface area contributed by atoms with E-state index in [1.54, 1.807) is 30.5 Å². The van der Waals surface area contributed by atoms with Crippen LogP contribution >= 0.6 is 11.3 Å². The Morgan fingerprint density at radius 3 is 2.68 bits per heavy atom. The van der Waals surface area contributed by atoms with Gasteiger partial charge in [0.25, 0.3) is 15.9 Å². The predicted molar refractivity (Wildman–Crippen MR) is 102 cm³/mol. The second kappa shape index (κ2) is 8.23. The lowest BCUT2D eigenvalue weighted by Gasteiger charge is -2.11. The number of esters is 1. The maximum absolute atomic E-state index is 12.4. The quantitative estimate of drug-likeness (QED) is 0.561. The Morgan fingerprint density at radius 1 is 1.21 bits per heavy atom. The van der Waals surface area contributed by atoms with Crippen molar-refractivity contribution < 1.29 is 27.3 Å². The van der Waals surface area contributed by atoms with Crippen LogP contribution in [-0.4, -0.2) is 32.1 Å². The van der Waals surface area contributed by atoms with E-state index in [2.05, 4.69) is 15.2 Å². The molecule has 2 N–H and O–H groups in total. The summed E-state index contributed by atoms with van der Waals surface area (Å²) in [5, 5.41) is 7.64. The standard InChI is InChI=1S/C17H15N3O6S2/c1-11-9-14(19-26-11)18-15(21)10-25-17(22)12-5-2-3-6-13(12)20-28(23,24)16-7-4-8-27-16/h2-9,20H,10H2,1H3,(H,18,19,21). The summed E-state index contributed by atoms with van der Waals surface area (Å²) in [7, 11) is -3.83. The zero-order chi connectivity index (χ0) is 20.1. The molecule has 146 valence electrons. The maximum Gasteiger partial charge on any atom is 0.340 e. The molecule has 28 heavy (non-hydrogen) atoms. The first-order valence-corrected chi connectivity index (χ1v) is 10.3. The number of aryl methyl sites for hydroxylation is 1. The summed E-state index contributed by atoms with van der Waals surface area (Å²) in [6, 6.07) is 10.5. The number of sulfonamides is 1. The molecule has 0 aliphatic heterocycles. The number of anilines is 2. The Labute approximate surface area is 164 Å². The Hall–Kier alpha value is -3.18. The van der Waals surface area contributed by atoms with E-state index in [1.165, 1.54) is 24.3 Å². The van der Waals surface area contributed by atoms with Gasteiger partial charge in [0.2, 0.25) is 0 Å². The molecular weight excluding hydrogens is 406 g/mol. The average Bonchev–Trinajstić information content (AvgIpc) is 3.32. The number of aromatic nitrogens is 1. The monoisotopic (exact) mass is 421 g/mol. The Morgan fingerprint density at radius 2 is 2.00 bits per heavy atom. The number of carbonyl (C=O) groups is 2. The molecule has 0 saturated heterocycles. The molecule has 0 unspecified atom stereocenters. The molecule has 0 atom stereocenters. The fraction of sp³-hybridized carbons (Fsp3) is 0.118. The van der Waals surface area contributed by atoms with Crippen LogP contribution in [0.15, 0.2) is 56.6 Å². The molecule has 0 fully saturated rings. The molecule has 0 aliphatic carbocycles. The van der Waals surface area contributed by atoms with Crippen molar-refractivity contribution in [2.75, 3.05) is 16.6 Å². The number of para-hydroxylation sites is 1. The summed E-state index contributed by atoms with van der Waals surface area (Å²) in [6.07, 6.45) is 0. The molecule has 1 amide bonds. The van der Waals surface area contributed by atoms with Gasteiger partial charge in [-0.25, -0.2) is 13.2 Å². The molecule has 3 rings (SSSR count). The van der Waals surface area contributed by atoms with Crippen LogP contribution in [0.2, 0.25) is 0 Å². The number of nitrogens with zero attached hydrogens (tertiary/aromatic N) is 1. The van der Waals surface area contributed by atoms with E-state index in [1.807, 2.05) is 0 Å². The van der Waals surface area contributed by atoms with Crippen LogP contribution in [0.1, 0.15) is 16.1 Å². The van der Waals surface area contributed by atoms with Crippen LogP contribution in [0.25, 0.3) is 0 Å². The molecule has 1 aromatic carbocycles. The van der Waals surface area contributed by atoms with Crippen molar-refractivity contribution in [2.45, 2.75) is 11.1 Å². The van der Waals surface area contributed by atoms with Crippen LogP contribution in [-0.2, 0) is 19.6 Å². The number of hydrogen-bond acceptors (Lipinski definition) is 8. The zero-order valence-electron chi connectivity index (χ0n) is 14.5. The third-order valence-corrected chi connectivity index (χ3v) is 6.14. The van der Waals surface area contributed by atoms with Crippen LogP contribution in [0, 0.1) is 6.92 Å². The first-order valence-electron chi connectivity index (χ1n) is 7.91. The topological polar surface area (TPSA) is 128 Å².